The second-order valence-electron chi connectivity index (χ2n) is 4.59. The zero-order chi connectivity index (χ0) is 12.2. The molecule has 0 amide bonds. The monoisotopic (exact) mass is 239 g/mol. The highest BCUT2D eigenvalue weighted by Crippen LogP contribution is 2.20. The molecule has 3 rings (SSSR count). The lowest BCUT2D eigenvalue weighted by molar-refractivity contribution is 0.652. The van der Waals surface area contributed by atoms with Crippen LogP contribution in [0.4, 0.5) is 0 Å². The molecule has 3 nitrogen and oxygen atoms in total. The number of hydrogen-bond donors (Lipinski definition) is 1. The van der Waals surface area contributed by atoms with Crippen molar-refractivity contribution < 1.29 is 0 Å². The molecule has 0 bridgehead atoms. The molecule has 0 radical (unpaired) electrons. The van der Waals surface area contributed by atoms with Crippen molar-refractivity contribution in [3.05, 3.63) is 54.5 Å². The number of benzene rings is 1. The molecule has 1 aliphatic heterocycles. The zero-order valence-corrected chi connectivity index (χ0v) is 10.3. The summed E-state index contributed by atoms with van der Waals surface area (Å²) in [5.41, 5.74) is 3.91. The molecular formula is C15H17N3. The van der Waals surface area contributed by atoms with Crippen molar-refractivity contribution in [3.8, 4) is 11.3 Å². The van der Waals surface area contributed by atoms with Crippen LogP contribution in [0.5, 0.6) is 0 Å². The first-order valence-corrected chi connectivity index (χ1v) is 6.37. The van der Waals surface area contributed by atoms with Gasteiger partial charge in [0.15, 0.2) is 0 Å². The second kappa shape index (κ2) is 5.19. The Kier molecular flexibility index (Phi) is 3.24. The number of nitrogens with zero attached hydrogens (tertiary/aromatic N) is 2. The Labute approximate surface area is 107 Å². The molecule has 3 heteroatoms. The first-order chi connectivity index (χ1) is 8.93. The van der Waals surface area contributed by atoms with E-state index in [0.29, 0.717) is 0 Å². The molecule has 1 N–H and O–H groups in total. The SMILES string of the molecule is C1=C(Cn2cncc2-c2ccccc2)CCNC1. The standard InChI is InChI=1S/C15H17N3/c1-2-4-14(5-3-1)15-10-17-12-18(15)11-13-6-8-16-9-7-13/h1-6,10,12,16H,7-9,11H2. The van der Waals surface area contributed by atoms with Crippen molar-refractivity contribution >= 4 is 0 Å². The summed E-state index contributed by atoms with van der Waals surface area (Å²) < 4.78 is 2.23. The summed E-state index contributed by atoms with van der Waals surface area (Å²) in [5, 5.41) is 3.34. The van der Waals surface area contributed by atoms with E-state index in [9.17, 15) is 0 Å². The van der Waals surface area contributed by atoms with Gasteiger partial charge in [-0.25, -0.2) is 4.98 Å². The summed E-state index contributed by atoms with van der Waals surface area (Å²) >= 11 is 0. The molecule has 2 aromatic rings. The van der Waals surface area contributed by atoms with Gasteiger partial charge < -0.3 is 9.88 Å². The van der Waals surface area contributed by atoms with Crippen molar-refractivity contribution in [1.82, 2.24) is 14.9 Å². The third kappa shape index (κ3) is 2.36. The van der Waals surface area contributed by atoms with Crippen molar-refractivity contribution in [2.24, 2.45) is 0 Å². The lowest BCUT2D eigenvalue weighted by Crippen LogP contribution is -2.22. The van der Waals surface area contributed by atoms with E-state index in [1.807, 2.05) is 18.6 Å². The molecule has 0 fully saturated rings. The maximum absolute atomic E-state index is 4.28. The summed E-state index contributed by atoms with van der Waals surface area (Å²) in [4.78, 5) is 4.28. The number of rotatable bonds is 3. The topological polar surface area (TPSA) is 29.9 Å². The Balaban J connectivity index is 1.86. The zero-order valence-electron chi connectivity index (χ0n) is 10.3. The smallest absolute Gasteiger partial charge is 0.0954 e. The first kappa shape index (κ1) is 11.2. The van der Waals surface area contributed by atoms with Crippen molar-refractivity contribution in [3.63, 3.8) is 0 Å². The minimum Gasteiger partial charge on any atom is -0.326 e. The molecule has 92 valence electrons. The van der Waals surface area contributed by atoms with Gasteiger partial charge in [-0.2, -0.15) is 0 Å². The second-order valence-corrected chi connectivity index (χ2v) is 4.59. The van der Waals surface area contributed by atoms with E-state index in [-0.39, 0.29) is 0 Å². The van der Waals surface area contributed by atoms with E-state index in [1.165, 1.54) is 16.8 Å². The van der Waals surface area contributed by atoms with E-state index in [1.54, 1.807) is 0 Å². The molecule has 0 unspecified atom stereocenters. The van der Waals surface area contributed by atoms with Gasteiger partial charge in [-0.3, -0.25) is 0 Å². The fourth-order valence-corrected chi connectivity index (χ4v) is 2.33. The molecule has 1 aromatic heterocycles. The maximum atomic E-state index is 4.28. The predicted molar refractivity (Wildman–Crippen MR) is 73.2 cm³/mol. The Morgan fingerprint density at radius 2 is 2.11 bits per heavy atom. The maximum Gasteiger partial charge on any atom is 0.0954 e. The van der Waals surface area contributed by atoms with Crippen LogP contribution in [-0.4, -0.2) is 22.6 Å². The van der Waals surface area contributed by atoms with Gasteiger partial charge in [-0.15, -0.1) is 0 Å². The third-order valence-corrected chi connectivity index (χ3v) is 3.31. The number of imidazole rings is 1. The van der Waals surface area contributed by atoms with Gasteiger partial charge in [0.05, 0.1) is 18.2 Å². The Bertz CT molecular complexity index is 540. The van der Waals surface area contributed by atoms with Gasteiger partial charge in [0.1, 0.15) is 0 Å². The van der Waals surface area contributed by atoms with Crippen LogP contribution in [0.3, 0.4) is 0 Å². The van der Waals surface area contributed by atoms with Gasteiger partial charge in [0.25, 0.3) is 0 Å². The van der Waals surface area contributed by atoms with Crippen LogP contribution in [0.1, 0.15) is 6.42 Å². The van der Waals surface area contributed by atoms with Gasteiger partial charge in [0, 0.05) is 13.1 Å². The summed E-state index contributed by atoms with van der Waals surface area (Å²) in [6, 6.07) is 10.4. The van der Waals surface area contributed by atoms with Crippen LogP contribution < -0.4 is 5.32 Å². The van der Waals surface area contributed by atoms with Crippen molar-refractivity contribution in [2.45, 2.75) is 13.0 Å². The minimum atomic E-state index is 0.950. The van der Waals surface area contributed by atoms with E-state index >= 15 is 0 Å². The van der Waals surface area contributed by atoms with Crippen LogP contribution in [0.15, 0.2) is 54.5 Å². The minimum absolute atomic E-state index is 0.950. The largest absolute Gasteiger partial charge is 0.326 e. The van der Waals surface area contributed by atoms with Crippen molar-refractivity contribution in [2.75, 3.05) is 13.1 Å². The molecular weight excluding hydrogens is 222 g/mol. The summed E-state index contributed by atoms with van der Waals surface area (Å²) in [6.07, 6.45) is 7.28. The van der Waals surface area contributed by atoms with Gasteiger partial charge in [-0.1, -0.05) is 42.0 Å². The average Bonchev–Trinajstić information content (AvgIpc) is 2.89. The van der Waals surface area contributed by atoms with Gasteiger partial charge in [-0.05, 0) is 18.5 Å². The highest BCUT2D eigenvalue weighted by Gasteiger charge is 2.08. The molecule has 0 saturated heterocycles. The number of hydrogen-bond acceptors (Lipinski definition) is 2. The molecule has 0 atom stereocenters. The number of nitrogens with one attached hydrogen (secondary N) is 1. The van der Waals surface area contributed by atoms with E-state index in [2.05, 4.69) is 45.2 Å². The molecule has 0 spiro atoms. The predicted octanol–water partition coefficient (Wildman–Crippen LogP) is 2.47. The summed E-state index contributed by atoms with van der Waals surface area (Å²) in [6.45, 7) is 3.03. The Morgan fingerprint density at radius 3 is 2.89 bits per heavy atom. The molecule has 18 heavy (non-hydrogen) atoms. The van der Waals surface area contributed by atoms with Crippen LogP contribution in [-0.2, 0) is 6.54 Å². The van der Waals surface area contributed by atoms with E-state index in [0.717, 1.165) is 26.1 Å². The molecule has 1 aliphatic rings. The lowest BCUT2D eigenvalue weighted by Gasteiger charge is -2.16. The van der Waals surface area contributed by atoms with Gasteiger partial charge in [0.2, 0.25) is 0 Å². The quantitative estimate of drug-likeness (QED) is 0.834. The Morgan fingerprint density at radius 1 is 1.22 bits per heavy atom. The number of aromatic nitrogens is 2. The lowest BCUT2D eigenvalue weighted by atomic mass is 10.1. The summed E-state index contributed by atoms with van der Waals surface area (Å²) in [7, 11) is 0. The molecule has 0 saturated carbocycles. The molecule has 1 aromatic carbocycles. The molecule has 0 aliphatic carbocycles. The molecule has 2 heterocycles. The Hall–Kier alpha value is -1.87. The fourth-order valence-electron chi connectivity index (χ4n) is 2.33. The van der Waals surface area contributed by atoms with Crippen molar-refractivity contribution in [1.29, 1.82) is 0 Å². The highest BCUT2D eigenvalue weighted by molar-refractivity contribution is 5.58. The highest BCUT2D eigenvalue weighted by atomic mass is 15.0. The van der Waals surface area contributed by atoms with E-state index < -0.39 is 0 Å². The van der Waals surface area contributed by atoms with Crippen LogP contribution >= 0.6 is 0 Å². The summed E-state index contributed by atoms with van der Waals surface area (Å²) in [5.74, 6) is 0. The third-order valence-electron chi connectivity index (χ3n) is 3.31. The van der Waals surface area contributed by atoms with E-state index in [4.69, 9.17) is 0 Å². The van der Waals surface area contributed by atoms with Crippen LogP contribution in [0.2, 0.25) is 0 Å². The average molecular weight is 239 g/mol. The normalized spacial score (nSPS) is 15.4. The van der Waals surface area contributed by atoms with Crippen LogP contribution in [0.25, 0.3) is 11.3 Å². The van der Waals surface area contributed by atoms with Crippen LogP contribution in [0, 0.1) is 0 Å². The first-order valence-electron chi connectivity index (χ1n) is 6.37. The fraction of sp³-hybridized carbons (Fsp3) is 0.267. The van der Waals surface area contributed by atoms with Gasteiger partial charge >= 0.3 is 0 Å².